The van der Waals surface area contributed by atoms with Crippen LogP contribution < -0.4 is 5.32 Å². The van der Waals surface area contributed by atoms with Crippen molar-refractivity contribution in [1.82, 2.24) is 14.6 Å². The molecule has 0 radical (unpaired) electrons. The summed E-state index contributed by atoms with van der Waals surface area (Å²) in [6, 6.07) is 11.3. The van der Waals surface area contributed by atoms with Gasteiger partial charge in [-0.05, 0) is 36.4 Å². The van der Waals surface area contributed by atoms with Crippen LogP contribution >= 0.6 is 34.5 Å². The molecule has 0 bridgehead atoms. The minimum atomic E-state index is -0.525. The number of aromatic nitrogens is 3. The highest BCUT2D eigenvalue weighted by Gasteiger charge is 2.17. The minimum Gasteiger partial charge on any atom is -0.465 e. The summed E-state index contributed by atoms with van der Waals surface area (Å²) in [6.45, 7) is 0. The number of amides is 1. The third kappa shape index (κ3) is 3.82. The van der Waals surface area contributed by atoms with E-state index in [0.29, 0.717) is 26.3 Å². The van der Waals surface area contributed by atoms with Crippen molar-refractivity contribution in [3.05, 3.63) is 69.0 Å². The Morgan fingerprint density at radius 1 is 1.14 bits per heavy atom. The molecule has 0 fully saturated rings. The van der Waals surface area contributed by atoms with Gasteiger partial charge < -0.3 is 4.74 Å². The van der Waals surface area contributed by atoms with E-state index in [1.807, 2.05) is 5.38 Å². The molecule has 2 aromatic heterocycles. The Kier molecular flexibility index (Phi) is 5.23. The molecule has 0 aliphatic carbocycles. The van der Waals surface area contributed by atoms with E-state index in [1.54, 1.807) is 40.9 Å². The molecule has 1 amide bonds. The first-order chi connectivity index (χ1) is 14.0. The summed E-state index contributed by atoms with van der Waals surface area (Å²) in [7, 11) is 1.28. The van der Waals surface area contributed by atoms with Crippen molar-refractivity contribution >= 4 is 57.3 Å². The molecule has 29 heavy (non-hydrogen) atoms. The number of thiazole rings is 1. The smallest absolute Gasteiger partial charge is 0.337 e. The van der Waals surface area contributed by atoms with Crippen molar-refractivity contribution in [2.75, 3.05) is 12.4 Å². The SMILES string of the molecule is COC(=O)c1cccc(C(=O)Nc2nc3scc(-c4cc(Cl)ccc4Cl)n3n2)c1. The van der Waals surface area contributed by atoms with E-state index in [9.17, 15) is 9.59 Å². The summed E-state index contributed by atoms with van der Waals surface area (Å²) >= 11 is 13.7. The summed E-state index contributed by atoms with van der Waals surface area (Å²) < 4.78 is 6.26. The number of anilines is 1. The molecule has 10 heteroatoms. The molecule has 4 rings (SSSR count). The van der Waals surface area contributed by atoms with Crippen molar-refractivity contribution in [3.8, 4) is 11.3 Å². The molecule has 2 aromatic carbocycles. The lowest BCUT2D eigenvalue weighted by molar-refractivity contribution is 0.0600. The Labute approximate surface area is 178 Å². The maximum atomic E-state index is 12.5. The Balaban J connectivity index is 1.63. The highest BCUT2D eigenvalue weighted by molar-refractivity contribution is 7.15. The minimum absolute atomic E-state index is 0.129. The second-order valence-electron chi connectivity index (χ2n) is 5.90. The first-order valence-electron chi connectivity index (χ1n) is 8.25. The predicted molar refractivity (Wildman–Crippen MR) is 112 cm³/mol. The summed E-state index contributed by atoms with van der Waals surface area (Å²) in [4.78, 5) is 29.1. The molecule has 1 N–H and O–H groups in total. The second kappa shape index (κ2) is 7.82. The number of hydrogen-bond acceptors (Lipinski definition) is 6. The molecule has 0 saturated heterocycles. The standard InChI is InChI=1S/C19H12Cl2N4O3S/c1-28-17(27)11-4-2-3-10(7-11)16(26)22-18-23-19-25(24-18)15(9-29-19)13-8-12(20)5-6-14(13)21/h2-9H,1H3,(H,22,24,26). The van der Waals surface area contributed by atoms with Crippen molar-refractivity contribution in [3.63, 3.8) is 0 Å². The Morgan fingerprint density at radius 3 is 2.72 bits per heavy atom. The van der Waals surface area contributed by atoms with Crippen LogP contribution in [0.4, 0.5) is 5.95 Å². The summed E-state index contributed by atoms with van der Waals surface area (Å²) in [5.74, 6) is -0.843. The van der Waals surface area contributed by atoms with Gasteiger partial charge in [-0.25, -0.2) is 9.31 Å². The van der Waals surface area contributed by atoms with E-state index in [2.05, 4.69) is 20.1 Å². The number of esters is 1. The highest BCUT2D eigenvalue weighted by atomic mass is 35.5. The normalized spacial score (nSPS) is 10.9. The third-order valence-corrected chi connectivity index (χ3v) is 5.44. The van der Waals surface area contributed by atoms with Crippen LogP contribution in [-0.4, -0.2) is 33.6 Å². The number of methoxy groups -OCH3 is 1. The topological polar surface area (TPSA) is 85.6 Å². The zero-order valence-corrected chi connectivity index (χ0v) is 17.2. The van der Waals surface area contributed by atoms with Crippen LogP contribution in [0, 0.1) is 0 Å². The Hall–Kier alpha value is -2.94. The van der Waals surface area contributed by atoms with Gasteiger partial charge in [0.1, 0.15) is 0 Å². The van der Waals surface area contributed by atoms with Crippen LogP contribution in [0.2, 0.25) is 10.0 Å². The van der Waals surface area contributed by atoms with Crippen molar-refractivity contribution < 1.29 is 14.3 Å². The van der Waals surface area contributed by atoms with Crippen LogP contribution in [0.5, 0.6) is 0 Å². The van der Waals surface area contributed by atoms with Crippen molar-refractivity contribution in [2.24, 2.45) is 0 Å². The van der Waals surface area contributed by atoms with Gasteiger partial charge in [-0.3, -0.25) is 10.1 Å². The first-order valence-corrected chi connectivity index (χ1v) is 9.89. The van der Waals surface area contributed by atoms with Gasteiger partial charge >= 0.3 is 5.97 Å². The number of halogens is 2. The number of fused-ring (bicyclic) bond motifs is 1. The fourth-order valence-electron chi connectivity index (χ4n) is 2.69. The first kappa shape index (κ1) is 19.4. The zero-order chi connectivity index (χ0) is 20.5. The lowest BCUT2D eigenvalue weighted by Crippen LogP contribution is -2.14. The summed E-state index contributed by atoms with van der Waals surface area (Å²) in [5.41, 5.74) is 1.97. The molecule has 7 nitrogen and oxygen atoms in total. The number of ether oxygens (including phenoxy) is 1. The van der Waals surface area contributed by atoms with Gasteiger partial charge in [0, 0.05) is 21.5 Å². The molecule has 0 spiro atoms. The molecule has 0 atom stereocenters. The van der Waals surface area contributed by atoms with E-state index in [4.69, 9.17) is 23.2 Å². The van der Waals surface area contributed by atoms with Crippen molar-refractivity contribution in [2.45, 2.75) is 0 Å². The fourth-order valence-corrected chi connectivity index (χ4v) is 3.90. The molecule has 4 aromatic rings. The summed E-state index contributed by atoms with van der Waals surface area (Å²) in [5, 5.41) is 9.91. The van der Waals surface area contributed by atoms with Gasteiger partial charge in [-0.1, -0.05) is 29.3 Å². The van der Waals surface area contributed by atoms with E-state index in [1.165, 1.54) is 24.5 Å². The van der Waals surface area contributed by atoms with Crippen LogP contribution in [-0.2, 0) is 4.74 Å². The largest absolute Gasteiger partial charge is 0.465 e. The quantitative estimate of drug-likeness (QED) is 0.454. The number of nitrogens with one attached hydrogen (secondary N) is 1. The molecular formula is C19H12Cl2N4O3S. The molecule has 0 unspecified atom stereocenters. The highest BCUT2D eigenvalue weighted by Crippen LogP contribution is 2.33. The fraction of sp³-hybridized carbons (Fsp3) is 0.0526. The zero-order valence-electron chi connectivity index (χ0n) is 14.8. The third-order valence-electron chi connectivity index (χ3n) is 4.06. The monoisotopic (exact) mass is 446 g/mol. The van der Waals surface area contributed by atoms with Gasteiger partial charge in [-0.15, -0.1) is 16.4 Å². The number of carbonyl (C=O) groups is 2. The Bertz CT molecular complexity index is 1250. The van der Waals surface area contributed by atoms with Gasteiger partial charge in [0.25, 0.3) is 11.9 Å². The number of hydrogen-bond donors (Lipinski definition) is 1. The average Bonchev–Trinajstić information content (AvgIpc) is 3.29. The van der Waals surface area contributed by atoms with E-state index in [0.717, 1.165) is 0 Å². The average molecular weight is 447 g/mol. The predicted octanol–water partition coefficient (Wildman–Crippen LogP) is 4.80. The number of rotatable bonds is 4. The number of nitrogens with zero attached hydrogens (tertiary/aromatic N) is 3. The molecular weight excluding hydrogens is 435 g/mol. The second-order valence-corrected chi connectivity index (χ2v) is 7.58. The van der Waals surface area contributed by atoms with E-state index in [-0.39, 0.29) is 17.1 Å². The van der Waals surface area contributed by atoms with Gasteiger partial charge in [0.15, 0.2) is 0 Å². The van der Waals surface area contributed by atoms with E-state index < -0.39 is 11.9 Å². The summed E-state index contributed by atoms with van der Waals surface area (Å²) in [6.07, 6.45) is 0. The number of benzene rings is 2. The van der Waals surface area contributed by atoms with Gasteiger partial charge in [0.05, 0.1) is 23.4 Å². The maximum absolute atomic E-state index is 12.5. The van der Waals surface area contributed by atoms with Crippen LogP contribution in [0.15, 0.2) is 47.8 Å². The van der Waals surface area contributed by atoms with Crippen LogP contribution in [0.1, 0.15) is 20.7 Å². The van der Waals surface area contributed by atoms with Crippen LogP contribution in [0.25, 0.3) is 16.2 Å². The van der Waals surface area contributed by atoms with E-state index >= 15 is 0 Å². The lowest BCUT2D eigenvalue weighted by Gasteiger charge is -2.04. The Morgan fingerprint density at radius 2 is 1.93 bits per heavy atom. The lowest BCUT2D eigenvalue weighted by atomic mass is 10.1. The number of carbonyl (C=O) groups excluding carboxylic acids is 2. The molecule has 0 saturated carbocycles. The molecule has 146 valence electrons. The molecule has 2 heterocycles. The van der Waals surface area contributed by atoms with Crippen LogP contribution in [0.3, 0.4) is 0 Å². The van der Waals surface area contributed by atoms with Gasteiger partial charge in [0.2, 0.25) is 4.96 Å². The molecule has 0 aliphatic rings. The van der Waals surface area contributed by atoms with Crippen molar-refractivity contribution in [1.29, 1.82) is 0 Å². The van der Waals surface area contributed by atoms with Gasteiger partial charge in [-0.2, -0.15) is 4.98 Å². The molecule has 0 aliphatic heterocycles. The maximum Gasteiger partial charge on any atom is 0.337 e.